The zero-order valence-corrected chi connectivity index (χ0v) is 10.9. The van der Waals surface area contributed by atoms with Crippen LogP contribution in [0.3, 0.4) is 0 Å². The molecule has 0 amide bonds. The van der Waals surface area contributed by atoms with E-state index in [2.05, 4.69) is 31.2 Å². The predicted octanol–water partition coefficient (Wildman–Crippen LogP) is 2.86. The van der Waals surface area contributed by atoms with E-state index in [4.69, 9.17) is 4.74 Å². The second-order valence-corrected chi connectivity index (χ2v) is 4.22. The van der Waals surface area contributed by atoms with E-state index in [1.165, 1.54) is 0 Å². The van der Waals surface area contributed by atoms with Crippen molar-refractivity contribution in [1.82, 2.24) is 9.97 Å². The maximum Gasteiger partial charge on any atom is 0.213 e. The molecular formula is C12H12BrN3O. The lowest BCUT2D eigenvalue weighted by Gasteiger charge is -2.06. The highest BCUT2D eigenvalue weighted by molar-refractivity contribution is 9.10. The van der Waals surface area contributed by atoms with Crippen molar-refractivity contribution >= 4 is 21.7 Å². The van der Waals surface area contributed by atoms with E-state index in [0.717, 1.165) is 16.0 Å². The summed E-state index contributed by atoms with van der Waals surface area (Å²) in [5.41, 5.74) is 1.10. The van der Waals surface area contributed by atoms with Crippen molar-refractivity contribution in [3.63, 3.8) is 0 Å². The van der Waals surface area contributed by atoms with Crippen molar-refractivity contribution in [3.05, 3.63) is 46.7 Å². The number of aromatic nitrogens is 2. The smallest absolute Gasteiger partial charge is 0.213 e. The summed E-state index contributed by atoms with van der Waals surface area (Å²) in [5, 5.41) is 3.23. The molecule has 0 fully saturated rings. The van der Waals surface area contributed by atoms with E-state index in [1.807, 2.05) is 30.3 Å². The van der Waals surface area contributed by atoms with Gasteiger partial charge in [-0.05, 0) is 39.7 Å². The molecular weight excluding hydrogens is 282 g/mol. The van der Waals surface area contributed by atoms with Crippen LogP contribution in [0.25, 0.3) is 0 Å². The lowest BCUT2D eigenvalue weighted by molar-refractivity contribution is 0.397. The van der Waals surface area contributed by atoms with Crippen LogP contribution in [0.4, 0.5) is 5.82 Å². The van der Waals surface area contributed by atoms with Crippen molar-refractivity contribution in [3.8, 4) is 5.88 Å². The minimum atomic E-state index is 0.617. The minimum absolute atomic E-state index is 0.617. The van der Waals surface area contributed by atoms with Crippen LogP contribution in [0.2, 0.25) is 0 Å². The van der Waals surface area contributed by atoms with Gasteiger partial charge in [-0.1, -0.05) is 6.07 Å². The molecule has 2 rings (SSSR count). The third-order valence-corrected chi connectivity index (χ3v) is 2.64. The van der Waals surface area contributed by atoms with Crippen LogP contribution >= 0.6 is 15.9 Å². The molecule has 0 aromatic carbocycles. The van der Waals surface area contributed by atoms with Crippen LogP contribution in [0, 0.1) is 0 Å². The third kappa shape index (κ3) is 3.42. The second kappa shape index (κ2) is 5.63. The fraction of sp³-hybridized carbons (Fsp3) is 0.167. The monoisotopic (exact) mass is 293 g/mol. The van der Waals surface area contributed by atoms with Gasteiger partial charge < -0.3 is 10.1 Å². The molecule has 0 aliphatic heterocycles. The number of halogens is 1. The Morgan fingerprint density at radius 1 is 1.35 bits per heavy atom. The van der Waals surface area contributed by atoms with Crippen LogP contribution < -0.4 is 10.1 Å². The zero-order chi connectivity index (χ0) is 12.1. The largest absolute Gasteiger partial charge is 0.481 e. The van der Waals surface area contributed by atoms with Crippen molar-refractivity contribution in [2.75, 3.05) is 12.4 Å². The van der Waals surface area contributed by atoms with Crippen molar-refractivity contribution in [2.45, 2.75) is 6.54 Å². The first kappa shape index (κ1) is 11.9. The maximum atomic E-state index is 5.06. The normalized spacial score (nSPS) is 10.0. The number of ether oxygens (including phenoxy) is 1. The van der Waals surface area contributed by atoms with Gasteiger partial charge in [0.15, 0.2) is 0 Å². The molecule has 0 spiro atoms. The first-order valence-electron chi connectivity index (χ1n) is 5.13. The summed E-state index contributed by atoms with van der Waals surface area (Å²) in [4.78, 5) is 8.34. The Morgan fingerprint density at radius 3 is 3.00 bits per heavy atom. The highest BCUT2D eigenvalue weighted by Gasteiger charge is 1.98. The molecule has 0 radical (unpaired) electrons. The lowest BCUT2D eigenvalue weighted by atomic mass is 10.2. The Balaban J connectivity index is 2.02. The number of nitrogens with zero attached hydrogens (tertiary/aromatic N) is 2. The summed E-state index contributed by atoms with van der Waals surface area (Å²) in [6, 6.07) is 9.58. The van der Waals surface area contributed by atoms with Gasteiger partial charge in [-0.25, -0.2) is 9.97 Å². The van der Waals surface area contributed by atoms with Gasteiger partial charge in [0.05, 0.1) is 7.11 Å². The molecule has 0 atom stereocenters. The fourth-order valence-electron chi connectivity index (χ4n) is 1.37. The summed E-state index contributed by atoms with van der Waals surface area (Å²) >= 11 is 3.33. The number of methoxy groups -OCH3 is 1. The minimum Gasteiger partial charge on any atom is -0.481 e. The quantitative estimate of drug-likeness (QED) is 0.881. The van der Waals surface area contributed by atoms with E-state index in [-0.39, 0.29) is 0 Å². The Hall–Kier alpha value is -1.62. The number of anilines is 1. The standard InChI is InChI=1S/C12H12BrN3O/c1-17-12-7-9(5-6-14-12)8-15-11-4-2-3-10(13)16-11/h2-7H,8H2,1H3,(H,15,16). The van der Waals surface area contributed by atoms with Gasteiger partial charge in [-0.2, -0.15) is 0 Å². The number of nitrogens with one attached hydrogen (secondary N) is 1. The predicted molar refractivity (Wildman–Crippen MR) is 70.1 cm³/mol. The van der Waals surface area contributed by atoms with Crippen LogP contribution in [-0.4, -0.2) is 17.1 Å². The van der Waals surface area contributed by atoms with Gasteiger partial charge in [0.1, 0.15) is 10.4 Å². The van der Waals surface area contributed by atoms with Crippen LogP contribution in [0.1, 0.15) is 5.56 Å². The van der Waals surface area contributed by atoms with Crippen molar-refractivity contribution < 1.29 is 4.74 Å². The Kier molecular flexibility index (Phi) is 3.93. The Labute approximate surface area is 108 Å². The van der Waals surface area contributed by atoms with E-state index in [1.54, 1.807) is 13.3 Å². The SMILES string of the molecule is COc1cc(CNc2cccc(Br)n2)ccn1. The molecule has 2 aromatic rings. The molecule has 1 N–H and O–H groups in total. The molecule has 0 saturated carbocycles. The lowest BCUT2D eigenvalue weighted by Crippen LogP contribution is -2.01. The van der Waals surface area contributed by atoms with E-state index >= 15 is 0 Å². The van der Waals surface area contributed by atoms with Crippen molar-refractivity contribution in [2.24, 2.45) is 0 Å². The molecule has 17 heavy (non-hydrogen) atoms. The van der Waals surface area contributed by atoms with Crippen LogP contribution in [0.15, 0.2) is 41.1 Å². The summed E-state index contributed by atoms with van der Waals surface area (Å²) < 4.78 is 5.88. The zero-order valence-electron chi connectivity index (χ0n) is 9.35. The van der Waals surface area contributed by atoms with E-state index in [0.29, 0.717) is 12.4 Å². The van der Waals surface area contributed by atoms with Gasteiger partial charge in [-0.3, -0.25) is 0 Å². The summed E-state index contributed by atoms with van der Waals surface area (Å²) in [5.74, 6) is 1.45. The van der Waals surface area contributed by atoms with Crippen molar-refractivity contribution in [1.29, 1.82) is 0 Å². The number of rotatable bonds is 4. The molecule has 5 heteroatoms. The first-order chi connectivity index (χ1) is 8.28. The molecule has 2 heterocycles. The van der Waals surface area contributed by atoms with Gasteiger partial charge >= 0.3 is 0 Å². The molecule has 0 aliphatic rings. The van der Waals surface area contributed by atoms with Crippen LogP contribution in [0.5, 0.6) is 5.88 Å². The number of hydrogen-bond donors (Lipinski definition) is 1. The molecule has 4 nitrogen and oxygen atoms in total. The van der Waals surface area contributed by atoms with Gasteiger partial charge in [0, 0.05) is 18.8 Å². The Bertz CT molecular complexity index is 505. The molecule has 0 bridgehead atoms. The highest BCUT2D eigenvalue weighted by atomic mass is 79.9. The number of hydrogen-bond acceptors (Lipinski definition) is 4. The molecule has 0 unspecified atom stereocenters. The third-order valence-electron chi connectivity index (χ3n) is 2.20. The van der Waals surface area contributed by atoms with E-state index in [9.17, 15) is 0 Å². The highest BCUT2D eigenvalue weighted by Crippen LogP contribution is 2.13. The van der Waals surface area contributed by atoms with Gasteiger partial charge in [0.25, 0.3) is 0 Å². The first-order valence-corrected chi connectivity index (χ1v) is 5.92. The fourth-order valence-corrected chi connectivity index (χ4v) is 1.72. The molecule has 88 valence electrons. The number of pyridine rings is 2. The van der Waals surface area contributed by atoms with Gasteiger partial charge in [-0.15, -0.1) is 0 Å². The molecule has 0 saturated heterocycles. The molecule has 2 aromatic heterocycles. The average molecular weight is 294 g/mol. The summed E-state index contributed by atoms with van der Waals surface area (Å²) in [6.45, 7) is 0.683. The second-order valence-electron chi connectivity index (χ2n) is 3.41. The molecule has 0 aliphatic carbocycles. The van der Waals surface area contributed by atoms with Crippen LogP contribution in [-0.2, 0) is 6.54 Å². The maximum absolute atomic E-state index is 5.06. The topological polar surface area (TPSA) is 47.0 Å². The summed E-state index contributed by atoms with van der Waals surface area (Å²) in [7, 11) is 1.61. The average Bonchev–Trinajstić information content (AvgIpc) is 2.37. The Morgan fingerprint density at radius 2 is 2.24 bits per heavy atom. The van der Waals surface area contributed by atoms with E-state index < -0.39 is 0 Å². The summed E-state index contributed by atoms with van der Waals surface area (Å²) in [6.07, 6.45) is 1.73. The van der Waals surface area contributed by atoms with Gasteiger partial charge in [0.2, 0.25) is 5.88 Å².